The summed E-state index contributed by atoms with van der Waals surface area (Å²) < 4.78 is 1.44. The number of nitrogens with zero attached hydrogens (tertiary/aromatic N) is 3. The average molecular weight is 322 g/mol. The molecule has 0 saturated heterocycles. The number of carbonyl (C=O) groups excluding carboxylic acids is 1. The first-order chi connectivity index (χ1) is 10.8. The summed E-state index contributed by atoms with van der Waals surface area (Å²) in [4.78, 5) is 22.1. The molecule has 0 aromatic carbocycles. The van der Waals surface area contributed by atoms with Crippen molar-refractivity contribution in [2.45, 2.75) is 65.5 Å². The van der Waals surface area contributed by atoms with Crippen LogP contribution in [0.1, 0.15) is 52.9 Å². The molecular weight excluding hydrogens is 296 g/mol. The van der Waals surface area contributed by atoms with Gasteiger partial charge in [-0.05, 0) is 37.0 Å². The van der Waals surface area contributed by atoms with Crippen LogP contribution in [0.25, 0.3) is 0 Å². The fourth-order valence-corrected chi connectivity index (χ4v) is 3.19. The predicted molar refractivity (Wildman–Crippen MR) is 86.8 cm³/mol. The largest absolute Gasteiger partial charge is 0.353 e. The van der Waals surface area contributed by atoms with Crippen molar-refractivity contribution in [2.75, 3.05) is 0 Å². The van der Waals surface area contributed by atoms with Gasteiger partial charge in [-0.3, -0.25) is 19.6 Å². The summed E-state index contributed by atoms with van der Waals surface area (Å²) in [6.07, 6.45) is 7.20. The number of amides is 1. The van der Waals surface area contributed by atoms with Crippen LogP contribution in [0.15, 0.2) is 12.4 Å². The van der Waals surface area contributed by atoms with Gasteiger partial charge in [0, 0.05) is 19.0 Å². The van der Waals surface area contributed by atoms with E-state index >= 15 is 0 Å². The van der Waals surface area contributed by atoms with Crippen molar-refractivity contribution in [1.29, 1.82) is 0 Å². The smallest absolute Gasteiger partial charge is 0.306 e. The molecule has 1 amide bonds. The summed E-state index contributed by atoms with van der Waals surface area (Å²) in [5.74, 6) is 0.711. The number of hydrogen-bond donors (Lipinski definition) is 1. The SMILES string of the molecule is CC(C)(C)C1CCC(NC(=O)CCn2cc([N+](=O)[O-])cn2)CC1. The van der Waals surface area contributed by atoms with Crippen LogP contribution in [0.5, 0.6) is 0 Å². The van der Waals surface area contributed by atoms with E-state index in [2.05, 4.69) is 31.2 Å². The highest BCUT2D eigenvalue weighted by Gasteiger charge is 2.30. The van der Waals surface area contributed by atoms with Crippen LogP contribution in [0, 0.1) is 21.4 Å². The van der Waals surface area contributed by atoms with E-state index in [0.29, 0.717) is 12.0 Å². The zero-order chi connectivity index (χ0) is 17.0. The second-order valence-electron chi connectivity index (χ2n) is 7.45. The summed E-state index contributed by atoms with van der Waals surface area (Å²) in [6, 6.07) is 0.257. The Morgan fingerprint density at radius 3 is 2.57 bits per heavy atom. The third kappa shape index (κ3) is 5.04. The normalized spacial score (nSPS) is 21.9. The average Bonchev–Trinajstić information content (AvgIpc) is 2.94. The van der Waals surface area contributed by atoms with Crippen molar-refractivity contribution >= 4 is 11.6 Å². The quantitative estimate of drug-likeness (QED) is 0.666. The molecule has 1 fully saturated rings. The first-order valence-electron chi connectivity index (χ1n) is 8.22. The lowest BCUT2D eigenvalue weighted by atomic mass is 9.71. The maximum absolute atomic E-state index is 12.0. The van der Waals surface area contributed by atoms with E-state index < -0.39 is 4.92 Å². The second kappa shape index (κ2) is 7.10. The standard InChI is InChI=1S/C16H26N4O3/c1-16(2,3)12-4-6-13(7-5-12)18-15(21)8-9-19-11-14(10-17-19)20(22)23/h10-13H,4-9H2,1-3H3,(H,18,21). The molecule has 0 spiro atoms. The molecule has 0 radical (unpaired) electrons. The first kappa shape index (κ1) is 17.4. The minimum absolute atomic E-state index is 0.0117. The van der Waals surface area contributed by atoms with Crippen LogP contribution in [0.3, 0.4) is 0 Å². The minimum atomic E-state index is -0.489. The lowest BCUT2D eigenvalue weighted by Crippen LogP contribution is -2.39. The Labute approximate surface area is 136 Å². The van der Waals surface area contributed by atoms with Crippen LogP contribution in [-0.4, -0.2) is 26.7 Å². The lowest BCUT2D eigenvalue weighted by molar-refractivity contribution is -0.385. The molecule has 128 valence electrons. The van der Waals surface area contributed by atoms with Crippen molar-refractivity contribution in [3.05, 3.63) is 22.5 Å². The Morgan fingerprint density at radius 1 is 1.39 bits per heavy atom. The van der Waals surface area contributed by atoms with E-state index in [9.17, 15) is 14.9 Å². The summed E-state index contributed by atoms with van der Waals surface area (Å²) >= 11 is 0. The fraction of sp³-hybridized carbons (Fsp3) is 0.750. The molecule has 1 saturated carbocycles. The van der Waals surface area contributed by atoms with Gasteiger partial charge in [-0.15, -0.1) is 0 Å². The van der Waals surface area contributed by atoms with E-state index in [1.807, 2.05) is 0 Å². The van der Waals surface area contributed by atoms with Gasteiger partial charge in [-0.1, -0.05) is 20.8 Å². The summed E-state index contributed by atoms with van der Waals surface area (Å²) in [5.41, 5.74) is 0.287. The molecule has 1 aromatic rings. The lowest BCUT2D eigenvalue weighted by Gasteiger charge is -2.37. The third-order valence-electron chi connectivity index (χ3n) is 4.72. The third-order valence-corrected chi connectivity index (χ3v) is 4.72. The Kier molecular flexibility index (Phi) is 5.38. The number of nitro groups is 1. The topological polar surface area (TPSA) is 90.1 Å². The molecule has 0 aliphatic heterocycles. The molecule has 0 unspecified atom stereocenters. The van der Waals surface area contributed by atoms with Crippen molar-refractivity contribution in [1.82, 2.24) is 15.1 Å². The molecule has 7 heteroatoms. The zero-order valence-corrected chi connectivity index (χ0v) is 14.1. The van der Waals surface area contributed by atoms with Gasteiger partial charge in [0.25, 0.3) is 0 Å². The van der Waals surface area contributed by atoms with Crippen LogP contribution in [-0.2, 0) is 11.3 Å². The van der Waals surface area contributed by atoms with Gasteiger partial charge < -0.3 is 5.32 Å². The number of nitrogens with one attached hydrogen (secondary N) is 1. The fourth-order valence-electron chi connectivity index (χ4n) is 3.19. The number of aromatic nitrogens is 2. The molecule has 0 atom stereocenters. The molecule has 1 aromatic heterocycles. The molecule has 7 nitrogen and oxygen atoms in total. The van der Waals surface area contributed by atoms with Gasteiger partial charge in [-0.25, -0.2) is 0 Å². The highest BCUT2D eigenvalue weighted by atomic mass is 16.6. The molecule has 2 rings (SSSR count). The molecule has 1 N–H and O–H groups in total. The highest BCUT2D eigenvalue weighted by Crippen LogP contribution is 2.37. The van der Waals surface area contributed by atoms with Gasteiger partial charge in [0.05, 0.1) is 4.92 Å². The Balaban J connectivity index is 1.72. The van der Waals surface area contributed by atoms with Crippen LogP contribution in [0.4, 0.5) is 5.69 Å². The van der Waals surface area contributed by atoms with Crippen LogP contribution < -0.4 is 5.32 Å². The molecule has 0 bridgehead atoms. The van der Waals surface area contributed by atoms with Gasteiger partial charge >= 0.3 is 5.69 Å². The van der Waals surface area contributed by atoms with E-state index in [-0.39, 0.29) is 24.1 Å². The Hall–Kier alpha value is -1.92. The van der Waals surface area contributed by atoms with Gasteiger partial charge in [0.1, 0.15) is 12.4 Å². The molecule has 1 aliphatic carbocycles. The van der Waals surface area contributed by atoms with Crippen molar-refractivity contribution < 1.29 is 9.72 Å². The van der Waals surface area contributed by atoms with Crippen molar-refractivity contribution in [3.8, 4) is 0 Å². The van der Waals surface area contributed by atoms with Gasteiger partial charge in [0.15, 0.2) is 0 Å². The summed E-state index contributed by atoms with van der Waals surface area (Å²) in [7, 11) is 0. The monoisotopic (exact) mass is 322 g/mol. The maximum Gasteiger partial charge on any atom is 0.306 e. The highest BCUT2D eigenvalue weighted by molar-refractivity contribution is 5.76. The number of hydrogen-bond acceptors (Lipinski definition) is 4. The van der Waals surface area contributed by atoms with E-state index in [0.717, 1.165) is 31.6 Å². The second-order valence-corrected chi connectivity index (χ2v) is 7.45. The van der Waals surface area contributed by atoms with Crippen LogP contribution in [0.2, 0.25) is 0 Å². The van der Waals surface area contributed by atoms with Crippen LogP contribution >= 0.6 is 0 Å². The molecule has 1 aliphatic rings. The number of carbonyl (C=O) groups is 1. The predicted octanol–water partition coefficient (Wildman–Crippen LogP) is 2.90. The minimum Gasteiger partial charge on any atom is -0.353 e. The maximum atomic E-state index is 12.0. The number of rotatable bonds is 5. The van der Waals surface area contributed by atoms with Gasteiger partial charge in [0.2, 0.25) is 5.91 Å². The molecule has 1 heterocycles. The first-order valence-corrected chi connectivity index (χ1v) is 8.22. The summed E-state index contributed by atoms with van der Waals surface area (Å²) in [6.45, 7) is 7.19. The molecular formula is C16H26N4O3. The number of aryl methyl sites for hydroxylation is 1. The summed E-state index contributed by atoms with van der Waals surface area (Å²) in [5, 5.41) is 17.5. The van der Waals surface area contributed by atoms with Crippen molar-refractivity contribution in [2.24, 2.45) is 11.3 Å². The van der Waals surface area contributed by atoms with E-state index in [1.165, 1.54) is 17.1 Å². The molecule has 23 heavy (non-hydrogen) atoms. The van der Waals surface area contributed by atoms with E-state index in [4.69, 9.17) is 0 Å². The Morgan fingerprint density at radius 2 is 2.04 bits per heavy atom. The van der Waals surface area contributed by atoms with Crippen molar-refractivity contribution in [3.63, 3.8) is 0 Å². The van der Waals surface area contributed by atoms with Gasteiger partial charge in [-0.2, -0.15) is 5.10 Å². The zero-order valence-electron chi connectivity index (χ0n) is 14.1. The van der Waals surface area contributed by atoms with E-state index in [1.54, 1.807) is 0 Å². The Bertz CT molecular complexity index is 554.